The van der Waals surface area contributed by atoms with Crippen molar-refractivity contribution in [1.29, 1.82) is 0 Å². The molecule has 0 saturated carbocycles. The Kier molecular flexibility index (Phi) is 28.7. The summed E-state index contributed by atoms with van der Waals surface area (Å²) in [5.41, 5.74) is 12.5. The van der Waals surface area contributed by atoms with E-state index in [2.05, 4.69) is 10.6 Å². The van der Waals surface area contributed by atoms with Gasteiger partial charge >= 0.3 is 47.9 Å². The van der Waals surface area contributed by atoms with Gasteiger partial charge in [0.25, 0.3) is 0 Å². The average molecular weight is 1260 g/mol. The molecule has 0 aromatic heterocycles. The molecule has 1 aliphatic rings. The van der Waals surface area contributed by atoms with Crippen molar-refractivity contribution in [3.05, 3.63) is 239 Å². The van der Waals surface area contributed by atoms with Crippen molar-refractivity contribution in [2.75, 3.05) is 6.61 Å². The molecule has 0 aliphatic heterocycles. The first-order valence-corrected chi connectivity index (χ1v) is 30.0. The average Bonchev–Trinajstić information content (AvgIpc) is 1.63. The summed E-state index contributed by atoms with van der Waals surface area (Å²) < 4.78 is 25.7. The van der Waals surface area contributed by atoms with E-state index in [-0.39, 0.29) is 62.7 Å². The monoisotopic (exact) mass is 1260 g/mol. The molecule has 0 radical (unpaired) electrons. The number of rotatable bonds is 22. The number of hydrogen-bond acceptors (Lipinski definition) is 15. The third-order valence-corrected chi connectivity index (χ3v) is 13.6. The number of esters is 5. The zero-order chi connectivity index (χ0) is 67.2. The Labute approximate surface area is 536 Å². The summed E-state index contributed by atoms with van der Waals surface area (Å²) in [7, 11) is 0. The number of amides is 2. The Hall–Kier alpha value is -10.3. The number of benzene rings is 7. The fourth-order valence-electron chi connectivity index (χ4n) is 9.05. The van der Waals surface area contributed by atoms with Crippen LogP contribution in [0.3, 0.4) is 0 Å². The minimum absolute atomic E-state index is 0.0816. The second kappa shape index (κ2) is 36.4. The van der Waals surface area contributed by atoms with Crippen LogP contribution in [-0.4, -0.2) is 99.9 Å². The molecule has 6 N–H and O–H groups in total. The number of fused-ring (bicyclic) bond motifs is 3. The lowest BCUT2D eigenvalue weighted by Gasteiger charge is -2.21. The van der Waals surface area contributed by atoms with Crippen LogP contribution in [0.1, 0.15) is 129 Å². The summed E-state index contributed by atoms with van der Waals surface area (Å²) in [6.45, 7) is 12.5. The van der Waals surface area contributed by atoms with Gasteiger partial charge in [-0.25, -0.2) is 24.0 Å². The van der Waals surface area contributed by atoms with Gasteiger partial charge in [-0.3, -0.25) is 19.2 Å². The Balaban J connectivity index is 0.000000228. The first-order valence-electron chi connectivity index (χ1n) is 30.0. The molecular formula is C73H81N3O16. The molecule has 0 spiro atoms. The van der Waals surface area contributed by atoms with Gasteiger partial charge in [0.1, 0.15) is 42.5 Å². The second-order valence-corrected chi connectivity index (χ2v) is 23.4. The predicted molar refractivity (Wildman–Crippen MR) is 346 cm³/mol. The van der Waals surface area contributed by atoms with Crippen LogP contribution in [0.4, 0.5) is 4.79 Å². The van der Waals surface area contributed by atoms with Crippen molar-refractivity contribution >= 4 is 53.8 Å². The molecule has 8 rings (SSSR count). The molecule has 0 bridgehead atoms. The first-order chi connectivity index (χ1) is 43.8. The predicted octanol–water partition coefficient (Wildman–Crippen LogP) is 11.6. The van der Waals surface area contributed by atoms with E-state index in [9.17, 15) is 53.4 Å². The SMILES string of the molecule is CC(C)(C)OC(=O)CC[C@H](NC(=O)OCC1c2ccccc2-c2ccccc21)C(=O)O.C[C@@H](CCC(=O)OC(C)(C)C)C(=O)N[C@H](Cc1ccccc1)C(=O)O.N[C@H](Cc1ccccc1)C(=O)OCc1ccccc1.O=C(OC(=O)c1ccccc1)c1ccccc1. The maximum Gasteiger partial charge on any atom is 0.407 e. The number of ether oxygens (including phenoxy) is 5. The Morgan fingerprint density at radius 1 is 0.478 bits per heavy atom. The van der Waals surface area contributed by atoms with Crippen LogP contribution in [0.25, 0.3) is 11.1 Å². The molecule has 4 atom stereocenters. The number of nitrogens with one attached hydrogen (secondary N) is 2. The third-order valence-electron chi connectivity index (χ3n) is 13.6. The first kappa shape index (κ1) is 72.5. The summed E-state index contributed by atoms with van der Waals surface area (Å²) >= 11 is 0. The fourth-order valence-corrected chi connectivity index (χ4v) is 9.05. The zero-order valence-electron chi connectivity index (χ0n) is 52.8. The fraction of sp³-hybridized carbons (Fsp3) is 0.301. The van der Waals surface area contributed by atoms with E-state index in [1.165, 1.54) is 0 Å². The van der Waals surface area contributed by atoms with Crippen LogP contribution in [0.2, 0.25) is 0 Å². The van der Waals surface area contributed by atoms with Crippen LogP contribution in [0, 0.1) is 5.92 Å². The second-order valence-electron chi connectivity index (χ2n) is 23.4. The highest BCUT2D eigenvalue weighted by Crippen LogP contribution is 2.44. The lowest BCUT2D eigenvalue weighted by atomic mass is 9.98. The minimum Gasteiger partial charge on any atom is -0.480 e. The highest BCUT2D eigenvalue weighted by molar-refractivity contribution is 6.02. The summed E-state index contributed by atoms with van der Waals surface area (Å²) in [5, 5.41) is 23.6. The molecule has 7 aromatic carbocycles. The number of aliphatic carboxylic acids is 2. The number of carboxylic acid groups (broad SMARTS) is 2. The number of hydrogen-bond donors (Lipinski definition) is 5. The summed E-state index contributed by atoms with van der Waals surface area (Å²) in [5.74, 6) is -5.85. The van der Waals surface area contributed by atoms with E-state index >= 15 is 0 Å². The van der Waals surface area contributed by atoms with Gasteiger partial charge in [0.15, 0.2) is 0 Å². The number of alkyl carbamates (subject to hydrolysis) is 1. The van der Waals surface area contributed by atoms with Crippen molar-refractivity contribution in [3.8, 4) is 11.1 Å². The lowest BCUT2D eigenvalue weighted by molar-refractivity contribution is -0.156. The smallest absolute Gasteiger partial charge is 0.407 e. The standard InChI is InChI=1S/C24H27NO6.C19H27NO5.C16H17NO2.C14H10O3/c1-24(2,3)31-21(26)13-12-20(22(27)28)25-23(29)30-14-19-17-10-6-4-8-15(17)16-9-5-7-11-18(16)19;1-13(10-11-16(21)25-19(2,3)4)17(22)20-15(18(23)24)12-14-8-6-5-7-9-14;17-15(11-13-7-3-1-4-8-13)16(18)19-12-14-9-5-2-6-10-14;15-13(11-7-3-1-4-8-11)17-14(16)12-9-5-2-6-10-12/h4-11,19-20H,12-14H2,1-3H3,(H,25,29)(H,27,28);5-9,13,15H,10-12H2,1-4H3,(H,20,22)(H,23,24);1-10,15H,11-12,17H2;1-10H/t20-;13-,15+;15-;/m001./s1. The van der Waals surface area contributed by atoms with Gasteiger partial charge in [-0.1, -0.05) is 183 Å². The summed E-state index contributed by atoms with van der Waals surface area (Å²) in [4.78, 5) is 106. The van der Waals surface area contributed by atoms with Crippen LogP contribution < -0.4 is 16.4 Å². The molecule has 7 aromatic rings. The molecule has 19 heteroatoms. The number of carbonyl (C=O) groups excluding carboxylic acids is 7. The molecule has 484 valence electrons. The van der Waals surface area contributed by atoms with E-state index in [0.717, 1.165) is 38.9 Å². The van der Waals surface area contributed by atoms with Gasteiger partial charge in [-0.05, 0) is 124 Å². The van der Waals surface area contributed by atoms with Crippen molar-refractivity contribution in [2.24, 2.45) is 11.7 Å². The maximum absolute atomic E-state index is 12.3. The highest BCUT2D eigenvalue weighted by Gasteiger charge is 2.31. The molecule has 2 amide bonds. The van der Waals surface area contributed by atoms with Crippen molar-refractivity contribution in [1.82, 2.24) is 10.6 Å². The number of carbonyl (C=O) groups is 9. The summed E-state index contributed by atoms with van der Waals surface area (Å²) in [6.07, 6.45) is 0.0702. The summed E-state index contributed by atoms with van der Waals surface area (Å²) in [6, 6.07) is 58.2. The van der Waals surface area contributed by atoms with Crippen LogP contribution in [0.5, 0.6) is 0 Å². The van der Waals surface area contributed by atoms with E-state index < -0.39 is 71.2 Å². The topological polar surface area (TPSA) is 290 Å². The normalized spacial score (nSPS) is 12.5. The third kappa shape index (κ3) is 26.1. The quantitative estimate of drug-likeness (QED) is 0.0239. The van der Waals surface area contributed by atoms with Gasteiger partial charge in [0.2, 0.25) is 5.91 Å². The molecule has 0 heterocycles. The molecule has 19 nitrogen and oxygen atoms in total. The molecule has 0 saturated heterocycles. The van der Waals surface area contributed by atoms with E-state index in [1.807, 2.05) is 140 Å². The minimum atomic E-state index is -1.25. The zero-order valence-corrected chi connectivity index (χ0v) is 52.8. The van der Waals surface area contributed by atoms with Crippen LogP contribution in [0.15, 0.2) is 200 Å². The Bertz CT molecular complexity index is 3420. The van der Waals surface area contributed by atoms with Crippen molar-refractivity contribution in [2.45, 2.75) is 129 Å². The largest absolute Gasteiger partial charge is 0.480 e. The highest BCUT2D eigenvalue weighted by atomic mass is 16.6. The van der Waals surface area contributed by atoms with Gasteiger partial charge in [-0.15, -0.1) is 0 Å². The molecule has 1 aliphatic carbocycles. The molecule has 92 heavy (non-hydrogen) atoms. The van der Waals surface area contributed by atoms with Crippen LogP contribution in [-0.2, 0) is 71.9 Å². The van der Waals surface area contributed by atoms with E-state index in [1.54, 1.807) is 109 Å². The van der Waals surface area contributed by atoms with Crippen LogP contribution >= 0.6 is 0 Å². The van der Waals surface area contributed by atoms with E-state index in [0.29, 0.717) is 24.0 Å². The van der Waals surface area contributed by atoms with Crippen molar-refractivity contribution in [3.63, 3.8) is 0 Å². The lowest BCUT2D eigenvalue weighted by Crippen LogP contribution is -2.44. The molecule has 0 fully saturated rings. The van der Waals surface area contributed by atoms with E-state index in [4.69, 9.17) is 29.4 Å². The number of nitrogens with two attached hydrogens (primary N) is 1. The maximum atomic E-state index is 12.3. The van der Waals surface area contributed by atoms with Gasteiger partial charge in [0.05, 0.1) is 11.1 Å². The Morgan fingerprint density at radius 3 is 1.30 bits per heavy atom. The molecular weight excluding hydrogens is 1170 g/mol. The van der Waals surface area contributed by atoms with Gasteiger partial charge < -0.3 is 50.3 Å². The number of carboxylic acids is 2. The molecule has 0 unspecified atom stereocenters. The van der Waals surface area contributed by atoms with Gasteiger partial charge in [0, 0.05) is 31.1 Å². The Morgan fingerprint density at radius 2 is 0.870 bits per heavy atom. The van der Waals surface area contributed by atoms with Crippen molar-refractivity contribution < 1.29 is 77.0 Å². The van der Waals surface area contributed by atoms with Gasteiger partial charge in [-0.2, -0.15) is 0 Å².